The van der Waals surface area contributed by atoms with Gasteiger partial charge in [-0.25, -0.2) is 20.2 Å². The quantitative estimate of drug-likeness (QED) is 0.217. The Morgan fingerprint density at radius 3 is 1.83 bits per heavy atom. The van der Waals surface area contributed by atoms with Crippen molar-refractivity contribution in [2.75, 3.05) is 0 Å². The van der Waals surface area contributed by atoms with Crippen molar-refractivity contribution in [1.29, 1.82) is 10.5 Å². The highest BCUT2D eigenvalue weighted by atomic mass is 32.2. The third-order valence-corrected chi connectivity index (χ3v) is 7.18. The molecule has 0 saturated carbocycles. The molecule has 2 aliphatic rings. The van der Waals surface area contributed by atoms with Gasteiger partial charge in [0.25, 0.3) is 11.4 Å². The molecule has 3 aromatic carbocycles. The highest BCUT2D eigenvalue weighted by molar-refractivity contribution is 8.00. The summed E-state index contributed by atoms with van der Waals surface area (Å²) in [4.78, 5) is 7.00. The van der Waals surface area contributed by atoms with Crippen LogP contribution in [0.5, 0.6) is 0 Å². The first-order chi connectivity index (χ1) is 17.2. The van der Waals surface area contributed by atoms with Gasteiger partial charge in [0.15, 0.2) is 0 Å². The van der Waals surface area contributed by atoms with E-state index in [-0.39, 0.29) is 34.5 Å². The molecule has 0 amide bonds. The zero-order chi connectivity index (χ0) is 25.8. The molecule has 5 rings (SSSR count). The van der Waals surface area contributed by atoms with Crippen LogP contribution in [-0.2, 0) is 12.8 Å². The molecule has 0 aromatic heterocycles. The first-order valence-corrected chi connectivity index (χ1v) is 11.5. The first-order valence-electron chi connectivity index (χ1n) is 10.7. The zero-order valence-electron chi connectivity index (χ0n) is 18.7. The normalized spacial score (nSPS) is 14.2. The second-order valence-electron chi connectivity index (χ2n) is 8.48. The topological polar surface area (TPSA) is 56.3 Å². The number of alkyl halides is 3. The molecular formula is C28H13F3N4S. The van der Waals surface area contributed by atoms with Gasteiger partial charge in [-0.3, -0.25) is 0 Å². The van der Waals surface area contributed by atoms with Gasteiger partial charge in [0.05, 0.1) is 25.3 Å². The molecule has 4 nitrogen and oxygen atoms in total. The number of fused-ring (bicyclic) bond motifs is 6. The first kappa shape index (κ1) is 23.3. The van der Waals surface area contributed by atoms with Crippen LogP contribution in [0.25, 0.3) is 43.3 Å². The Bertz CT molecular complexity index is 1770. The minimum Gasteiger partial charge on any atom is -0.226 e. The predicted octanol–water partition coefficient (Wildman–Crippen LogP) is 5.85. The Morgan fingerprint density at radius 1 is 0.861 bits per heavy atom. The summed E-state index contributed by atoms with van der Waals surface area (Å²) >= 11 is -0.214. The maximum absolute atomic E-state index is 13.0. The molecule has 36 heavy (non-hydrogen) atoms. The molecule has 0 spiro atoms. The van der Waals surface area contributed by atoms with Crippen molar-refractivity contribution in [3.05, 3.63) is 97.5 Å². The summed E-state index contributed by atoms with van der Waals surface area (Å²) in [6.45, 7) is 17.3. The van der Waals surface area contributed by atoms with Gasteiger partial charge in [-0.15, -0.1) is 0 Å². The maximum atomic E-state index is 13.0. The Kier molecular flexibility index (Phi) is 5.37. The number of aryl methyl sites for hydroxylation is 1. The Labute approximate surface area is 208 Å². The van der Waals surface area contributed by atoms with Crippen molar-refractivity contribution in [1.82, 2.24) is 0 Å². The highest BCUT2D eigenvalue weighted by Gasteiger charge is 2.33. The van der Waals surface area contributed by atoms with Crippen LogP contribution in [0.1, 0.15) is 27.8 Å². The lowest BCUT2D eigenvalue weighted by molar-refractivity contribution is -0.0328. The summed E-state index contributed by atoms with van der Waals surface area (Å²) in [5.41, 5.74) is 1.83. The van der Waals surface area contributed by atoms with E-state index in [1.165, 1.54) is 12.1 Å². The van der Waals surface area contributed by atoms with Crippen LogP contribution < -0.4 is 10.4 Å². The van der Waals surface area contributed by atoms with E-state index in [9.17, 15) is 23.7 Å². The molecule has 0 bridgehead atoms. The molecule has 0 N–H and O–H groups in total. The number of thioether (sulfide) groups is 1. The fourth-order valence-electron chi connectivity index (χ4n) is 5.25. The van der Waals surface area contributed by atoms with Crippen molar-refractivity contribution in [2.24, 2.45) is 0 Å². The standard InChI is InChI=1S/C28H13F3N4S/c1-14-4-6-18-15(8-14)10-20-24(18)27(23(13-33)35-3)21-11-16-9-17(36-28(29,30)31)5-7-19(16)25(21)26(20)22(12-32)34-2/h4-9H,10-11H2,1H3/b26-22+,27-23-. The van der Waals surface area contributed by atoms with Crippen molar-refractivity contribution in [3.8, 4) is 34.4 Å². The van der Waals surface area contributed by atoms with Crippen molar-refractivity contribution >= 4 is 23.2 Å². The monoisotopic (exact) mass is 494 g/mol. The van der Waals surface area contributed by atoms with Gasteiger partial charge in [0.1, 0.15) is 0 Å². The number of nitrogens with zero attached hydrogens (tertiary/aromatic N) is 4. The van der Waals surface area contributed by atoms with Crippen LogP contribution in [-0.4, -0.2) is 5.51 Å². The molecule has 0 saturated heterocycles. The summed E-state index contributed by atoms with van der Waals surface area (Å²) in [5.74, 6) is 0. The second kappa shape index (κ2) is 8.31. The predicted molar refractivity (Wildman–Crippen MR) is 130 cm³/mol. The molecule has 0 radical (unpaired) electrons. The molecule has 0 heterocycles. The summed E-state index contributed by atoms with van der Waals surface area (Å²) in [6, 6.07) is 14.2. The van der Waals surface area contributed by atoms with E-state index in [4.69, 9.17) is 13.1 Å². The smallest absolute Gasteiger partial charge is 0.226 e. The number of hydrogen-bond acceptors (Lipinski definition) is 3. The number of rotatable bonds is 1. The lowest BCUT2D eigenvalue weighted by Gasteiger charge is -2.13. The fourth-order valence-corrected chi connectivity index (χ4v) is 5.85. The molecule has 0 unspecified atom stereocenters. The van der Waals surface area contributed by atoms with Crippen molar-refractivity contribution in [3.63, 3.8) is 0 Å². The fraction of sp³-hybridized carbons (Fsp3) is 0.143. The van der Waals surface area contributed by atoms with Gasteiger partial charge in [-0.1, -0.05) is 29.8 Å². The minimum atomic E-state index is -4.45. The van der Waals surface area contributed by atoms with Crippen LogP contribution in [0.4, 0.5) is 13.2 Å². The molecule has 0 fully saturated rings. The van der Waals surface area contributed by atoms with Gasteiger partial charge < -0.3 is 0 Å². The maximum Gasteiger partial charge on any atom is 0.446 e. The number of nitriles is 2. The zero-order valence-corrected chi connectivity index (χ0v) is 19.5. The van der Waals surface area contributed by atoms with Crippen molar-refractivity contribution in [2.45, 2.75) is 30.2 Å². The summed E-state index contributed by atoms with van der Waals surface area (Å²) in [5, 5.41) is 20.6. The third kappa shape index (κ3) is 3.52. The lowest BCUT2D eigenvalue weighted by Crippen LogP contribution is -2.25. The molecule has 8 heteroatoms. The molecule has 3 aromatic rings. The van der Waals surface area contributed by atoms with Crippen molar-refractivity contribution < 1.29 is 13.2 Å². The Hall–Kier alpha value is -4.50. The van der Waals surface area contributed by atoms with E-state index >= 15 is 0 Å². The van der Waals surface area contributed by atoms with Crippen LogP contribution in [0.3, 0.4) is 0 Å². The van der Waals surface area contributed by atoms with Crippen LogP contribution >= 0.6 is 11.8 Å². The SMILES string of the molecule is [C-]#[N+]/C(C#N)=c1/c2c(/c(=C(\C#N)[N+]#[C-])c3c1-c1ccc(C)cc1C3)-c1ccc(SC(F)(F)F)cc1C2. The average Bonchev–Trinajstić information content (AvgIpc) is 3.38. The van der Waals surface area contributed by atoms with Gasteiger partial charge in [0.2, 0.25) is 0 Å². The second-order valence-corrected chi connectivity index (χ2v) is 9.62. The Balaban J connectivity index is 1.97. The van der Waals surface area contributed by atoms with Gasteiger partial charge >= 0.3 is 5.51 Å². The van der Waals surface area contributed by atoms with E-state index in [2.05, 4.69) is 9.69 Å². The van der Waals surface area contributed by atoms with E-state index in [0.717, 1.165) is 16.7 Å². The molecule has 2 aliphatic carbocycles. The number of halogens is 3. The largest absolute Gasteiger partial charge is 0.446 e. The summed E-state index contributed by atoms with van der Waals surface area (Å²) < 4.78 is 39.1. The molecular weight excluding hydrogens is 481 g/mol. The van der Waals surface area contributed by atoms with Crippen LogP contribution in [0, 0.1) is 42.7 Å². The van der Waals surface area contributed by atoms with E-state index < -0.39 is 5.51 Å². The van der Waals surface area contributed by atoms with Crippen LogP contribution in [0.15, 0.2) is 41.3 Å². The molecule has 172 valence electrons. The van der Waals surface area contributed by atoms with E-state index in [0.29, 0.717) is 50.2 Å². The van der Waals surface area contributed by atoms with Crippen LogP contribution in [0.2, 0.25) is 0 Å². The van der Waals surface area contributed by atoms with E-state index in [1.807, 2.05) is 37.3 Å². The van der Waals surface area contributed by atoms with Gasteiger partial charge in [-0.05, 0) is 88.2 Å². The highest BCUT2D eigenvalue weighted by Crippen LogP contribution is 2.43. The molecule has 0 aliphatic heterocycles. The van der Waals surface area contributed by atoms with E-state index in [1.54, 1.807) is 6.07 Å². The Morgan fingerprint density at radius 2 is 1.36 bits per heavy atom. The number of benzene rings is 3. The summed E-state index contributed by atoms with van der Waals surface area (Å²) in [6.07, 6.45) is 0.599. The third-order valence-electron chi connectivity index (χ3n) is 6.46. The minimum absolute atomic E-state index is 0.0230. The lowest BCUT2D eigenvalue weighted by atomic mass is 9.90. The van der Waals surface area contributed by atoms with Gasteiger partial charge in [0, 0.05) is 15.3 Å². The average molecular weight is 495 g/mol. The molecule has 0 atom stereocenters. The number of hydrogen-bond donors (Lipinski definition) is 0. The van der Waals surface area contributed by atoms with Gasteiger partial charge in [-0.2, -0.15) is 13.2 Å². The summed E-state index contributed by atoms with van der Waals surface area (Å²) in [7, 11) is 0.